The molecular formula is C14H28N2O. The van der Waals surface area contributed by atoms with Gasteiger partial charge in [0, 0.05) is 25.0 Å². The minimum absolute atomic E-state index is 0.00887. The zero-order valence-electron chi connectivity index (χ0n) is 11.4. The van der Waals surface area contributed by atoms with Crippen LogP contribution in [0.5, 0.6) is 0 Å². The highest BCUT2D eigenvalue weighted by Gasteiger charge is 2.53. The van der Waals surface area contributed by atoms with Crippen LogP contribution >= 0.6 is 0 Å². The van der Waals surface area contributed by atoms with E-state index in [2.05, 4.69) is 18.9 Å². The Morgan fingerprint density at radius 1 is 1.29 bits per heavy atom. The van der Waals surface area contributed by atoms with Crippen LogP contribution in [0, 0.1) is 11.3 Å². The molecular weight excluding hydrogens is 212 g/mol. The molecule has 2 aliphatic rings. The first kappa shape index (κ1) is 13.3. The summed E-state index contributed by atoms with van der Waals surface area (Å²) in [7, 11) is 2.14. The van der Waals surface area contributed by atoms with Crippen molar-refractivity contribution in [2.75, 3.05) is 26.7 Å². The number of rotatable bonds is 3. The second kappa shape index (κ2) is 4.87. The van der Waals surface area contributed by atoms with E-state index in [1.165, 1.54) is 12.8 Å². The molecule has 1 saturated heterocycles. The van der Waals surface area contributed by atoms with Gasteiger partial charge in [0.1, 0.15) is 0 Å². The Balaban J connectivity index is 2.12. The quantitative estimate of drug-likeness (QED) is 0.788. The molecule has 17 heavy (non-hydrogen) atoms. The number of hydrogen-bond acceptors (Lipinski definition) is 3. The van der Waals surface area contributed by atoms with Crippen molar-refractivity contribution in [2.45, 2.75) is 51.0 Å². The topological polar surface area (TPSA) is 49.5 Å². The van der Waals surface area contributed by atoms with Gasteiger partial charge in [-0.1, -0.05) is 13.3 Å². The van der Waals surface area contributed by atoms with Gasteiger partial charge >= 0.3 is 0 Å². The highest BCUT2D eigenvalue weighted by atomic mass is 16.3. The monoisotopic (exact) mass is 240 g/mol. The number of likely N-dealkylation sites (tertiary alicyclic amines) is 1. The molecule has 2 atom stereocenters. The van der Waals surface area contributed by atoms with Crippen molar-refractivity contribution >= 4 is 0 Å². The Labute approximate surface area is 105 Å². The molecule has 0 spiro atoms. The summed E-state index contributed by atoms with van der Waals surface area (Å²) in [5, 5.41) is 11.0. The van der Waals surface area contributed by atoms with Crippen LogP contribution in [-0.2, 0) is 0 Å². The van der Waals surface area contributed by atoms with Gasteiger partial charge in [-0.25, -0.2) is 0 Å². The van der Waals surface area contributed by atoms with Crippen molar-refractivity contribution < 1.29 is 5.11 Å². The molecule has 0 aromatic rings. The maximum atomic E-state index is 11.0. The molecule has 0 bridgehead atoms. The Morgan fingerprint density at radius 2 is 1.94 bits per heavy atom. The summed E-state index contributed by atoms with van der Waals surface area (Å²) < 4.78 is 0. The minimum Gasteiger partial charge on any atom is -0.389 e. The molecule has 1 aliphatic carbocycles. The molecule has 1 saturated carbocycles. The highest BCUT2D eigenvalue weighted by molar-refractivity contribution is 5.05. The first-order valence-electron chi connectivity index (χ1n) is 7.16. The maximum absolute atomic E-state index is 11.0. The van der Waals surface area contributed by atoms with Crippen LogP contribution in [0.3, 0.4) is 0 Å². The lowest BCUT2D eigenvalue weighted by Crippen LogP contribution is -2.56. The number of nitrogens with two attached hydrogens (primary N) is 1. The van der Waals surface area contributed by atoms with E-state index in [4.69, 9.17) is 5.73 Å². The summed E-state index contributed by atoms with van der Waals surface area (Å²) in [6, 6.07) is 0. The Hall–Kier alpha value is -0.120. The van der Waals surface area contributed by atoms with Gasteiger partial charge in [-0.3, -0.25) is 0 Å². The van der Waals surface area contributed by atoms with Crippen molar-refractivity contribution in [3.63, 3.8) is 0 Å². The predicted molar refractivity (Wildman–Crippen MR) is 70.8 cm³/mol. The molecule has 3 nitrogen and oxygen atoms in total. The molecule has 0 radical (unpaired) electrons. The minimum atomic E-state index is -0.502. The van der Waals surface area contributed by atoms with Gasteiger partial charge in [0.05, 0.1) is 5.60 Å². The lowest BCUT2D eigenvalue weighted by atomic mass is 9.65. The van der Waals surface area contributed by atoms with Crippen LogP contribution in [0.4, 0.5) is 0 Å². The molecule has 3 N–H and O–H groups in total. The van der Waals surface area contributed by atoms with Gasteiger partial charge in [-0.05, 0) is 45.1 Å². The third kappa shape index (κ3) is 2.25. The van der Waals surface area contributed by atoms with E-state index in [9.17, 15) is 5.11 Å². The summed E-state index contributed by atoms with van der Waals surface area (Å²) in [5.74, 6) is 0.780. The Morgan fingerprint density at radius 3 is 2.41 bits per heavy atom. The van der Waals surface area contributed by atoms with Crippen LogP contribution < -0.4 is 5.73 Å². The first-order chi connectivity index (χ1) is 8.05. The van der Waals surface area contributed by atoms with Crippen molar-refractivity contribution in [1.82, 2.24) is 4.90 Å². The Bertz CT molecular complexity index is 261. The van der Waals surface area contributed by atoms with Gasteiger partial charge in [-0.15, -0.1) is 0 Å². The molecule has 0 amide bonds. The smallest absolute Gasteiger partial charge is 0.0740 e. The number of hydrogen-bond donors (Lipinski definition) is 2. The molecule has 100 valence electrons. The maximum Gasteiger partial charge on any atom is 0.0740 e. The van der Waals surface area contributed by atoms with Gasteiger partial charge in [0.2, 0.25) is 0 Å². The standard InChI is InChI=1S/C14H28N2O/c1-3-12-4-5-13(10-12,11-15)14(17)6-8-16(2)9-7-14/h12,17H,3-11,15H2,1-2H3. The van der Waals surface area contributed by atoms with E-state index in [0.29, 0.717) is 6.54 Å². The largest absolute Gasteiger partial charge is 0.389 e. The van der Waals surface area contributed by atoms with Gasteiger partial charge in [0.15, 0.2) is 0 Å². The number of piperidine rings is 1. The van der Waals surface area contributed by atoms with Crippen LogP contribution in [-0.4, -0.2) is 42.3 Å². The van der Waals surface area contributed by atoms with Gasteiger partial charge < -0.3 is 15.7 Å². The van der Waals surface area contributed by atoms with E-state index < -0.39 is 5.60 Å². The third-order valence-corrected chi connectivity index (χ3v) is 5.48. The van der Waals surface area contributed by atoms with Crippen LogP contribution in [0.1, 0.15) is 45.4 Å². The predicted octanol–water partition coefficient (Wildman–Crippen LogP) is 1.60. The average molecular weight is 240 g/mol. The third-order valence-electron chi connectivity index (χ3n) is 5.48. The second-order valence-corrected chi connectivity index (χ2v) is 6.34. The van der Waals surface area contributed by atoms with Crippen molar-refractivity contribution in [2.24, 2.45) is 17.1 Å². The lowest BCUT2D eigenvalue weighted by molar-refractivity contribution is -0.114. The lowest BCUT2D eigenvalue weighted by Gasteiger charge is -2.49. The van der Waals surface area contributed by atoms with E-state index in [-0.39, 0.29) is 5.41 Å². The summed E-state index contributed by atoms with van der Waals surface area (Å²) in [6.45, 7) is 4.93. The van der Waals surface area contributed by atoms with Gasteiger partial charge in [-0.2, -0.15) is 0 Å². The van der Waals surface area contributed by atoms with Crippen LogP contribution in [0.25, 0.3) is 0 Å². The molecule has 0 aromatic heterocycles. The zero-order chi connectivity index (χ0) is 12.5. The Kier molecular flexibility index (Phi) is 3.81. The average Bonchev–Trinajstić information content (AvgIpc) is 2.78. The first-order valence-corrected chi connectivity index (χ1v) is 7.16. The zero-order valence-corrected chi connectivity index (χ0v) is 11.4. The molecule has 2 fully saturated rings. The van der Waals surface area contributed by atoms with E-state index >= 15 is 0 Å². The van der Waals surface area contributed by atoms with Crippen molar-refractivity contribution in [1.29, 1.82) is 0 Å². The fourth-order valence-corrected chi connectivity index (χ4v) is 3.90. The van der Waals surface area contributed by atoms with Gasteiger partial charge in [0.25, 0.3) is 0 Å². The molecule has 2 rings (SSSR count). The summed E-state index contributed by atoms with van der Waals surface area (Å²) in [4.78, 5) is 2.31. The fraction of sp³-hybridized carbons (Fsp3) is 1.00. The normalized spacial score (nSPS) is 38.5. The SMILES string of the molecule is CCC1CCC(CN)(C2(O)CCN(C)CC2)C1. The van der Waals surface area contributed by atoms with Crippen LogP contribution in [0.15, 0.2) is 0 Å². The molecule has 1 heterocycles. The molecule has 1 aliphatic heterocycles. The van der Waals surface area contributed by atoms with E-state index in [1.54, 1.807) is 0 Å². The summed E-state index contributed by atoms with van der Waals surface area (Å²) in [6.07, 6.45) is 6.56. The van der Waals surface area contributed by atoms with Crippen molar-refractivity contribution in [3.05, 3.63) is 0 Å². The van der Waals surface area contributed by atoms with E-state index in [0.717, 1.165) is 44.7 Å². The summed E-state index contributed by atoms with van der Waals surface area (Å²) >= 11 is 0. The molecule has 2 unspecified atom stereocenters. The summed E-state index contributed by atoms with van der Waals surface area (Å²) in [5.41, 5.74) is 5.57. The van der Waals surface area contributed by atoms with Crippen LogP contribution in [0.2, 0.25) is 0 Å². The number of nitrogens with zero attached hydrogens (tertiary/aromatic N) is 1. The fourth-order valence-electron chi connectivity index (χ4n) is 3.90. The molecule has 0 aromatic carbocycles. The van der Waals surface area contributed by atoms with Crippen molar-refractivity contribution in [3.8, 4) is 0 Å². The number of aliphatic hydroxyl groups is 1. The second-order valence-electron chi connectivity index (χ2n) is 6.34. The highest BCUT2D eigenvalue weighted by Crippen LogP contribution is 2.52. The molecule has 3 heteroatoms. The van der Waals surface area contributed by atoms with E-state index in [1.807, 2.05) is 0 Å².